The Bertz CT molecular complexity index is 601. The zero-order valence-corrected chi connectivity index (χ0v) is 13.3. The van der Waals surface area contributed by atoms with E-state index in [2.05, 4.69) is 34.9 Å². The predicted molar refractivity (Wildman–Crippen MR) is 89.2 cm³/mol. The molecule has 0 spiro atoms. The molecule has 1 aromatic carbocycles. The minimum atomic E-state index is -0.508. The molecule has 2 aromatic rings. The van der Waals surface area contributed by atoms with Gasteiger partial charge in [-0.3, -0.25) is 0 Å². The van der Waals surface area contributed by atoms with Crippen molar-refractivity contribution < 1.29 is 5.11 Å². The van der Waals surface area contributed by atoms with Gasteiger partial charge in [0, 0.05) is 29.7 Å². The highest BCUT2D eigenvalue weighted by atomic mass is 35.5. The molecular formula is C16H19ClN2OS. The van der Waals surface area contributed by atoms with Gasteiger partial charge in [0.15, 0.2) is 0 Å². The molecule has 2 heterocycles. The largest absolute Gasteiger partial charge is 0.386 e. The molecule has 112 valence electrons. The molecule has 2 atom stereocenters. The van der Waals surface area contributed by atoms with Gasteiger partial charge in [-0.2, -0.15) is 0 Å². The minimum absolute atomic E-state index is 0.279. The number of thiophene rings is 1. The van der Waals surface area contributed by atoms with Crippen molar-refractivity contribution in [3.8, 4) is 0 Å². The normalized spacial score (nSPS) is 19.4. The molecule has 0 unspecified atom stereocenters. The Kier molecular flexibility index (Phi) is 4.80. The quantitative estimate of drug-likeness (QED) is 0.798. The van der Waals surface area contributed by atoms with E-state index >= 15 is 0 Å². The molecule has 21 heavy (non-hydrogen) atoms. The summed E-state index contributed by atoms with van der Waals surface area (Å²) in [7, 11) is 0. The highest BCUT2D eigenvalue weighted by Gasteiger charge is 2.19. The fraction of sp³-hybridized carbons (Fsp3) is 0.375. The zero-order chi connectivity index (χ0) is 14.7. The maximum atomic E-state index is 10.3. The summed E-state index contributed by atoms with van der Waals surface area (Å²) < 4.78 is 0.716. The summed E-state index contributed by atoms with van der Waals surface area (Å²) in [6.45, 7) is 1.54. The van der Waals surface area contributed by atoms with Crippen LogP contribution in [0, 0.1) is 0 Å². The smallest absolute Gasteiger partial charge is 0.101 e. The van der Waals surface area contributed by atoms with Gasteiger partial charge in [0.05, 0.1) is 4.34 Å². The second-order valence-corrected chi connectivity index (χ2v) is 7.02. The second-order valence-electron chi connectivity index (χ2n) is 5.27. The topological polar surface area (TPSA) is 44.3 Å². The molecule has 3 rings (SSSR count). The third-order valence-corrected chi connectivity index (χ3v) is 5.13. The molecule has 3 N–H and O–H groups in total. The van der Waals surface area contributed by atoms with E-state index in [1.807, 2.05) is 12.1 Å². The predicted octanol–water partition coefficient (Wildman–Crippen LogP) is 3.97. The Morgan fingerprint density at radius 2 is 2.19 bits per heavy atom. The average Bonchev–Trinajstić information content (AvgIpc) is 2.83. The van der Waals surface area contributed by atoms with E-state index in [0.717, 1.165) is 24.3 Å². The summed E-state index contributed by atoms with van der Waals surface area (Å²) in [5.74, 6) is 0. The molecule has 0 aliphatic carbocycles. The van der Waals surface area contributed by atoms with Crippen molar-refractivity contribution in [3.63, 3.8) is 0 Å². The van der Waals surface area contributed by atoms with E-state index in [0.29, 0.717) is 10.9 Å². The van der Waals surface area contributed by atoms with E-state index in [-0.39, 0.29) is 6.04 Å². The van der Waals surface area contributed by atoms with Crippen LogP contribution in [0.1, 0.15) is 35.4 Å². The van der Waals surface area contributed by atoms with Gasteiger partial charge in [0.1, 0.15) is 6.10 Å². The van der Waals surface area contributed by atoms with Crippen LogP contribution in [0.2, 0.25) is 4.34 Å². The Morgan fingerprint density at radius 1 is 1.33 bits per heavy atom. The third-order valence-electron chi connectivity index (χ3n) is 3.80. The number of hydrogen-bond donors (Lipinski definition) is 3. The van der Waals surface area contributed by atoms with Crippen LogP contribution in [0.4, 0.5) is 5.69 Å². The number of anilines is 1. The molecule has 0 radical (unpaired) electrons. The Hall–Kier alpha value is -1.07. The molecule has 3 nitrogen and oxygen atoms in total. The first-order valence-electron chi connectivity index (χ1n) is 7.23. The van der Waals surface area contributed by atoms with Gasteiger partial charge in [-0.05, 0) is 36.6 Å². The lowest BCUT2D eigenvalue weighted by atomic mass is 10.0. The summed E-state index contributed by atoms with van der Waals surface area (Å²) >= 11 is 7.36. The monoisotopic (exact) mass is 322 g/mol. The lowest BCUT2D eigenvalue weighted by Crippen LogP contribution is -2.26. The van der Waals surface area contributed by atoms with Crippen molar-refractivity contribution in [3.05, 3.63) is 51.2 Å². The van der Waals surface area contributed by atoms with Gasteiger partial charge in [0.2, 0.25) is 0 Å². The number of aliphatic hydroxyl groups excluding tert-OH is 1. The molecule has 0 saturated carbocycles. The number of aliphatic hydroxyl groups is 1. The van der Waals surface area contributed by atoms with E-state index in [1.165, 1.54) is 22.6 Å². The Balaban J connectivity index is 1.67. The summed E-state index contributed by atoms with van der Waals surface area (Å²) in [5.41, 5.74) is 2.48. The SMILES string of the molecule is O[C@H](CN[C@H]1CCCNc2ccccc21)c1ccc(Cl)s1. The molecule has 1 aliphatic heterocycles. The molecule has 0 bridgehead atoms. The molecule has 0 fully saturated rings. The van der Waals surface area contributed by atoms with Gasteiger partial charge in [-0.25, -0.2) is 0 Å². The van der Waals surface area contributed by atoms with Crippen molar-refractivity contribution in [1.29, 1.82) is 0 Å². The number of halogens is 1. The first kappa shape index (κ1) is 14.9. The highest BCUT2D eigenvalue weighted by Crippen LogP contribution is 2.30. The molecule has 1 aromatic heterocycles. The molecule has 1 aliphatic rings. The summed E-state index contributed by atoms with van der Waals surface area (Å²) in [6.07, 6.45) is 1.68. The Labute approximate surface area is 134 Å². The van der Waals surface area contributed by atoms with Crippen molar-refractivity contribution in [2.75, 3.05) is 18.4 Å². The van der Waals surface area contributed by atoms with Crippen LogP contribution in [0.5, 0.6) is 0 Å². The van der Waals surface area contributed by atoms with Gasteiger partial charge in [0.25, 0.3) is 0 Å². The van der Waals surface area contributed by atoms with Crippen LogP contribution < -0.4 is 10.6 Å². The standard InChI is InChI=1S/C16H19ClN2OS/c17-16-8-7-15(21-16)14(20)10-19-13-6-3-9-18-12-5-2-1-4-11(12)13/h1-2,4-5,7-8,13-14,18-20H,3,6,9-10H2/t13-,14+/m0/s1. The maximum Gasteiger partial charge on any atom is 0.101 e. The first-order valence-corrected chi connectivity index (χ1v) is 8.43. The van der Waals surface area contributed by atoms with Crippen molar-refractivity contribution >= 4 is 28.6 Å². The molecule has 0 amide bonds. The van der Waals surface area contributed by atoms with Crippen LogP contribution in [-0.2, 0) is 0 Å². The van der Waals surface area contributed by atoms with Crippen LogP contribution in [0.3, 0.4) is 0 Å². The van der Waals surface area contributed by atoms with Crippen LogP contribution >= 0.6 is 22.9 Å². The van der Waals surface area contributed by atoms with Gasteiger partial charge in [-0.15, -0.1) is 11.3 Å². The number of hydrogen-bond acceptors (Lipinski definition) is 4. The summed E-state index contributed by atoms with van der Waals surface area (Å²) in [4.78, 5) is 0.910. The van der Waals surface area contributed by atoms with Gasteiger partial charge < -0.3 is 15.7 Å². The van der Waals surface area contributed by atoms with E-state index in [4.69, 9.17) is 11.6 Å². The fourth-order valence-electron chi connectivity index (χ4n) is 2.72. The van der Waals surface area contributed by atoms with E-state index in [9.17, 15) is 5.11 Å². The molecular weight excluding hydrogens is 304 g/mol. The number of fused-ring (bicyclic) bond motifs is 1. The number of nitrogens with one attached hydrogen (secondary N) is 2. The van der Waals surface area contributed by atoms with E-state index < -0.39 is 6.10 Å². The number of para-hydroxylation sites is 1. The first-order chi connectivity index (χ1) is 10.2. The summed E-state index contributed by atoms with van der Waals surface area (Å²) in [6, 6.07) is 12.4. The summed E-state index contributed by atoms with van der Waals surface area (Å²) in [5, 5.41) is 17.2. The van der Waals surface area contributed by atoms with Crippen molar-refractivity contribution in [2.24, 2.45) is 0 Å². The maximum absolute atomic E-state index is 10.3. The van der Waals surface area contributed by atoms with Crippen molar-refractivity contribution in [1.82, 2.24) is 5.32 Å². The van der Waals surface area contributed by atoms with Crippen LogP contribution in [0.25, 0.3) is 0 Å². The van der Waals surface area contributed by atoms with Crippen LogP contribution in [-0.4, -0.2) is 18.2 Å². The number of rotatable bonds is 4. The zero-order valence-electron chi connectivity index (χ0n) is 11.7. The van der Waals surface area contributed by atoms with Gasteiger partial charge >= 0.3 is 0 Å². The molecule has 0 saturated heterocycles. The molecule has 5 heteroatoms. The highest BCUT2D eigenvalue weighted by molar-refractivity contribution is 7.16. The number of benzene rings is 1. The lowest BCUT2D eigenvalue weighted by molar-refractivity contribution is 0.172. The van der Waals surface area contributed by atoms with Gasteiger partial charge in [-0.1, -0.05) is 29.8 Å². The third kappa shape index (κ3) is 3.58. The fourth-order valence-corrected chi connectivity index (χ4v) is 3.77. The van der Waals surface area contributed by atoms with Crippen molar-refractivity contribution in [2.45, 2.75) is 25.0 Å². The Morgan fingerprint density at radius 3 is 3.00 bits per heavy atom. The van der Waals surface area contributed by atoms with Crippen LogP contribution in [0.15, 0.2) is 36.4 Å². The van der Waals surface area contributed by atoms with E-state index in [1.54, 1.807) is 0 Å². The second kappa shape index (κ2) is 6.79. The minimum Gasteiger partial charge on any atom is -0.386 e. The average molecular weight is 323 g/mol. The lowest BCUT2D eigenvalue weighted by Gasteiger charge is -2.20.